The van der Waals surface area contributed by atoms with E-state index in [1.54, 1.807) is 23.1 Å². The molecule has 0 saturated carbocycles. The zero-order chi connectivity index (χ0) is 15.7. The van der Waals surface area contributed by atoms with Gasteiger partial charge in [0.1, 0.15) is 5.75 Å². The molecular formula is C16H21N3O2S2. The van der Waals surface area contributed by atoms with E-state index in [1.807, 2.05) is 30.3 Å². The van der Waals surface area contributed by atoms with Crippen LogP contribution < -0.4 is 10.1 Å². The molecule has 1 aliphatic rings. The molecule has 3 rings (SSSR count). The van der Waals surface area contributed by atoms with Crippen LogP contribution in [0.4, 0.5) is 5.13 Å². The highest BCUT2D eigenvalue weighted by atomic mass is 32.2. The third kappa shape index (κ3) is 5.67. The standard InChI is InChI=1S/C16H21N3O2S2/c1-2-6-13(7-3-1)20-10-5-11-22-16-19-18-15(23-16)17-12-14-8-4-9-21-14/h1-3,6-7,14H,4-5,8-12H2,(H,17,18). The fourth-order valence-corrected chi connectivity index (χ4v) is 4.01. The van der Waals surface area contributed by atoms with Gasteiger partial charge in [-0.15, -0.1) is 10.2 Å². The van der Waals surface area contributed by atoms with Crippen molar-refractivity contribution in [1.82, 2.24) is 10.2 Å². The number of anilines is 1. The third-order valence-corrected chi connectivity index (χ3v) is 5.54. The van der Waals surface area contributed by atoms with Gasteiger partial charge in [0.15, 0.2) is 4.34 Å². The minimum atomic E-state index is 0.324. The van der Waals surface area contributed by atoms with Gasteiger partial charge in [0.05, 0.1) is 12.7 Å². The lowest BCUT2D eigenvalue weighted by Gasteiger charge is -2.08. The van der Waals surface area contributed by atoms with Crippen molar-refractivity contribution in [2.24, 2.45) is 0 Å². The van der Waals surface area contributed by atoms with E-state index >= 15 is 0 Å². The van der Waals surface area contributed by atoms with Crippen molar-refractivity contribution in [2.45, 2.75) is 29.7 Å². The Morgan fingerprint density at radius 3 is 3.04 bits per heavy atom. The number of para-hydroxylation sites is 1. The van der Waals surface area contributed by atoms with Crippen LogP contribution in [-0.2, 0) is 4.74 Å². The lowest BCUT2D eigenvalue weighted by atomic mass is 10.2. The molecule has 1 N–H and O–H groups in total. The molecule has 0 aliphatic carbocycles. The highest BCUT2D eigenvalue weighted by molar-refractivity contribution is 8.01. The minimum Gasteiger partial charge on any atom is -0.494 e. The van der Waals surface area contributed by atoms with Gasteiger partial charge in [-0.1, -0.05) is 41.3 Å². The first-order valence-corrected chi connectivity index (χ1v) is 9.70. The Balaban J connectivity index is 1.29. The Kier molecular flexibility index (Phi) is 6.55. The highest BCUT2D eigenvalue weighted by Gasteiger charge is 2.15. The largest absolute Gasteiger partial charge is 0.494 e. The molecular weight excluding hydrogens is 330 g/mol. The van der Waals surface area contributed by atoms with Crippen LogP contribution in [0.3, 0.4) is 0 Å². The summed E-state index contributed by atoms with van der Waals surface area (Å²) in [6.07, 6.45) is 3.60. The first-order chi connectivity index (χ1) is 11.4. The average molecular weight is 351 g/mol. The van der Waals surface area contributed by atoms with Crippen LogP contribution in [0, 0.1) is 0 Å². The molecule has 124 valence electrons. The smallest absolute Gasteiger partial charge is 0.206 e. The fraction of sp³-hybridized carbons (Fsp3) is 0.500. The Bertz CT molecular complexity index is 574. The predicted molar refractivity (Wildman–Crippen MR) is 94.7 cm³/mol. The molecule has 0 spiro atoms. The van der Waals surface area contributed by atoms with Gasteiger partial charge in [0, 0.05) is 18.9 Å². The molecule has 0 radical (unpaired) electrons. The second-order valence-corrected chi connectivity index (χ2v) is 7.57. The van der Waals surface area contributed by atoms with Crippen molar-refractivity contribution in [1.29, 1.82) is 0 Å². The highest BCUT2D eigenvalue weighted by Crippen LogP contribution is 2.26. The molecule has 23 heavy (non-hydrogen) atoms. The summed E-state index contributed by atoms with van der Waals surface area (Å²) in [6, 6.07) is 9.91. The van der Waals surface area contributed by atoms with E-state index in [0.29, 0.717) is 6.10 Å². The number of nitrogens with zero attached hydrogens (tertiary/aromatic N) is 2. The SMILES string of the molecule is c1ccc(OCCCSc2nnc(NCC3CCCO3)s2)cc1. The minimum absolute atomic E-state index is 0.324. The number of benzene rings is 1. The average Bonchev–Trinajstić information content (AvgIpc) is 3.25. The first kappa shape index (κ1) is 16.5. The molecule has 0 bridgehead atoms. The number of rotatable bonds is 9. The number of nitrogens with one attached hydrogen (secondary N) is 1. The summed E-state index contributed by atoms with van der Waals surface area (Å²) < 4.78 is 12.3. The molecule has 1 unspecified atom stereocenters. The molecule has 2 heterocycles. The van der Waals surface area contributed by atoms with Crippen molar-refractivity contribution in [2.75, 3.05) is 30.8 Å². The number of hydrogen-bond acceptors (Lipinski definition) is 7. The van der Waals surface area contributed by atoms with E-state index < -0.39 is 0 Å². The summed E-state index contributed by atoms with van der Waals surface area (Å²) in [7, 11) is 0. The van der Waals surface area contributed by atoms with Crippen molar-refractivity contribution >= 4 is 28.2 Å². The predicted octanol–water partition coefficient (Wildman–Crippen LogP) is 3.69. The van der Waals surface area contributed by atoms with E-state index in [4.69, 9.17) is 9.47 Å². The van der Waals surface area contributed by atoms with E-state index in [0.717, 1.165) is 60.0 Å². The second kappa shape index (κ2) is 9.10. The molecule has 0 amide bonds. The molecule has 2 aromatic rings. The summed E-state index contributed by atoms with van der Waals surface area (Å²) in [5, 5.41) is 12.6. The summed E-state index contributed by atoms with van der Waals surface area (Å²) in [4.78, 5) is 0. The molecule has 7 heteroatoms. The van der Waals surface area contributed by atoms with Gasteiger partial charge in [-0.25, -0.2) is 0 Å². The van der Waals surface area contributed by atoms with Gasteiger partial charge in [-0.05, 0) is 31.4 Å². The van der Waals surface area contributed by atoms with Gasteiger partial charge in [0.25, 0.3) is 0 Å². The Hall–Kier alpha value is -1.31. The van der Waals surface area contributed by atoms with Gasteiger partial charge in [0.2, 0.25) is 5.13 Å². The van der Waals surface area contributed by atoms with Crippen LogP contribution in [0.5, 0.6) is 5.75 Å². The maximum absolute atomic E-state index is 5.67. The number of hydrogen-bond donors (Lipinski definition) is 1. The topological polar surface area (TPSA) is 56.3 Å². The van der Waals surface area contributed by atoms with Gasteiger partial charge in [-0.2, -0.15) is 0 Å². The maximum Gasteiger partial charge on any atom is 0.206 e. The maximum atomic E-state index is 5.67. The zero-order valence-electron chi connectivity index (χ0n) is 12.9. The molecule has 1 atom stereocenters. The monoisotopic (exact) mass is 351 g/mol. The summed E-state index contributed by atoms with van der Waals surface area (Å²) >= 11 is 3.33. The molecule has 1 aliphatic heterocycles. The van der Waals surface area contributed by atoms with Gasteiger partial charge >= 0.3 is 0 Å². The molecule has 1 aromatic carbocycles. The van der Waals surface area contributed by atoms with E-state index in [9.17, 15) is 0 Å². The molecule has 1 aromatic heterocycles. The summed E-state index contributed by atoms with van der Waals surface area (Å²) in [5.74, 6) is 1.90. The van der Waals surface area contributed by atoms with E-state index in [2.05, 4.69) is 15.5 Å². The Morgan fingerprint density at radius 2 is 2.22 bits per heavy atom. The zero-order valence-corrected chi connectivity index (χ0v) is 14.6. The Labute approximate surface area is 144 Å². The van der Waals surface area contributed by atoms with Crippen molar-refractivity contribution in [3.05, 3.63) is 30.3 Å². The fourth-order valence-electron chi connectivity index (χ4n) is 2.27. The number of thioether (sulfide) groups is 1. The lowest BCUT2D eigenvalue weighted by molar-refractivity contribution is 0.120. The van der Waals surface area contributed by atoms with Crippen LogP contribution >= 0.6 is 23.1 Å². The van der Waals surface area contributed by atoms with Crippen molar-refractivity contribution in [3.63, 3.8) is 0 Å². The normalized spacial score (nSPS) is 17.3. The van der Waals surface area contributed by atoms with Crippen molar-refractivity contribution < 1.29 is 9.47 Å². The van der Waals surface area contributed by atoms with E-state index in [-0.39, 0.29) is 0 Å². The second-order valence-electron chi connectivity index (χ2n) is 5.25. The summed E-state index contributed by atoms with van der Waals surface area (Å²) in [5.41, 5.74) is 0. The third-order valence-electron chi connectivity index (χ3n) is 3.44. The van der Waals surface area contributed by atoms with E-state index in [1.165, 1.54) is 0 Å². The first-order valence-electron chi connectivity index (χ1n) is 7.90. The summed E-state index contributed by atoms with van der Waals surface area (Å²) in [6.45, 7) is 2.43. The van der Waals surface area contributed by atoms with Crippen LogP contribution in [0.15, 0.2) is 34.7 Å². The molecule has 5 nitrogen and oxygen atoms in total. The lowest BCUT2D eigenvalue weighted by Crippen LogP contribution is -2.18. The van der Waals surface area contributed by atoms with Crippen molar-refractivity contribution in [3.8, 4) is 5.75 Å². The van der Waals surface area contributed by atoms with Crippen LogP contribution in [0.2, 0.25) is 0 Å². The molecule has 1 fully saturated rings. The Morgan fingerprint density at radius 1 is 1.30 bits per heavy atom. The van der Waals surface area contributed by atoms with Gasteiger partial charge < -0.3 is 14.8 Å². The van der Waals surface area contributed by atoms with Gasteiger partial charge in [-0.3, -0.25) is 0 Å². The van der Waals surface area contributed by atoms with Crippen LogP contribution in [0.1, 0.15) is 19.3 Å². The van der Waals surface area contributed by atoms with Crippen LogP contribution in [-0.4, -0.2) is 41.8 Å². The number of aromatic nitrogens is 2. The quantitative estimate of drug-likeness (QED) is 0.549. The number of ether oxygens (including phenoxy) is 2. The molecule has 1 saturated heterocycles. The van der Waals surface area contributed by atoms with Crippen LogP contribution in [0.25, 0.3) is 0 Å².